The molecule has 3 heterocycles. The summed E-state index contributed by atoms with van der Waals surface area (Å²) in [5.41, 5.74) is 1.80. The maximum Gasteiger partial charge on any atom is 0.321 e. The maximum atomic E-state index is 12.5. The number of amides is 2. The quantitative estimate of drug-likeness (QED) is 0.932. The average Bonchev–Trinajstić information content (AvgIpc) is 3.39. The van der Waals surface area contributed by atoms with Crippen molar-refractivity contribution >= 4 is 11.7 Å². The minimum absolute atomic E-state index is 0.00996. The molecule has 1 atom stereocenters. The van der Waals surface area contributed by atoms with E-state index in [1.165, 1.54) is 25.9 Å². The monoisotopic (exact) mass is 339 g/mol. The molecule has 1 N–H and O–H groups in total. The Morgan fingerprint density at radius 2 is 1.96 bits per heavy atom. The Morgan fingerprint density at radius 1 is 1.16 bits per heavy atom. The lowest BCUT2D eigenvalue weighted by atomic mass is 10.1. The van der Waals surface area contributed by atoms with Gasteiger partial charge in [0.2, 0.25) is 0 Å². The fourth-order valence-electron chi connectivity index (χ4n) is 3.82. The molecule has 2 amide bonds. The second kappa shape index (κ2) is 7.27. The third-order valence-electron chi connectivity index (χ3n) is 5.18. The van der Waals surface area contributed by atoms with Gasteiger partial charge in [-0.15, -0.1) is 0 Å². The van der Waals surface area contributed by atoms with Gasteiger partial charge in [0.1, 0.15) is 0 Å². The summed E-state index contributed by atoms with van der Waals surface area (Å²) in [6.07, 6.45) is 7.42. The molecule has 0 unspecified atom stereocenters. The topological polar surface area (TPSA) is 53.4 Å². The second-order valence-electron chi connectivity index (χ2n) is 7.04. The Kier molecular flexibility index (Phi) is 4.70. The first kappa shape index (κ1) is 16.1. The first-order valence-corrected chi connectivity index (χ1v) is 9.16. The van der Waals surface area contributed by atoms with Gasteiger partial charge in [0.05, 0.1) is 5.69 Å². The number of anilines is 1. The summed E-state index contributed by atoms with van der Waals surface area (Å²) in [7, 11) is 0. The van der Waals surface area contributed by atoms with E-state index < -0.39 is 0 Å². The van der Waals surface area contributed by atoms with Crippen LogP contribution in [0.15, 0.2) is 42.7 Å². The smallest absolute Gasteiger partial charge is 0.321 e. The van der Waals surface area contributed by atoms with Gasteiger partial charge in [0, 0.05) is 37.7 Å². The van der Waals surface area contributed by atoms with Crippen LogP contribution >= 0.6 is 0 Å². The zero-order valence-corrected chi connectivity index (χ0v) is 14.5. The van der Waals surface area contributed by atoms with Gasteiger partial charge in [-0.2, -0.15) is 5.10 Å². The predicted octanol–water partition coefficient (Wildman–Crippen LogP) is 2.82. The molecule has 0 saturated carbocycles. The minimum atomic E-state index is 0.00996. The molecule has 25 heavy (non-hydrogen) atoms. The fraction of sp³-hybridized carbons (Fsp3) is 0.474. The van der Waals surface area contributed by atoms with Crippen LogP contribution in [0.2, 0.25) is 0 Å². The van der Waals surface area contributed by atoms with Gasteiger partial charge in [-0.3, -0.25) is 0 Å². The van der Waals surface area contributed by atoms with E-state index in [9.17, 15) is 4.79 Å². The lowest BCUT2D eigenvalue weighted by Crippen LogP contribution is -2.34. The predicted molar refractivity (Wildman–Crippen MR) is 97.9 cm³/mol. The molecule has 6 heteroatoms. The number of hydrogen-bond acceptors (Lipinski definition) is 3. The summed E-state index contributed by atoms with van der Waals surface area (Å²) in [5.74, 6) is 0.617. The van der Waals surface area contributed by atoms with Gasteiger partial charge < -0.3 is 15.1 Å². The van der Waals surface area contributed by atoms with Gasteiger partial charge >= 0.3 is 6.03 Å². The van der Waals surface area contributed by atoms with Crippen molar-refractivity contribution in [3.63, 3.8) is 0 Å². The lowest BCUT2D eigenvalue weighted by molar-refractivity contribution is 0.217. The van der Waals surface area contributed by atoms with E-state index >= 15 is 0 Å². The summed E-state index contributed by atoms with van der Waals surface area (Å²) in [6, 6.07) is 9.67. The van der Waals surface area contributed by atoms with Crippen molar-refractivity contribution in [3.05, 3.63) is 42.7 Å². The first-order valence-electron chi connectivity index (χ1n) is 9.16. The zero-order valence-electron chi connectivity index (χ0n) is 14.5. The molecule has 2 aliphatic heterocycles. The minimum Gasteiger partial charge on any atom is -0.324 e. The Balaban J connectivity index is 1.30. The van der Waals surface area contributed by atoms with E-state index in [1.807, 2.05) is 41.4 Å². The number of benzene rings is 1. The Morgan fingerprint density at radius 3 is 2.68 bits per heavy atom. The number of carbonyl (C=O) groups is 1. The van der Waals surface area contributed by atoms with Crippen LogP contribution in [0.25, 0.3) is 5.69 Å². The van der Waals surface area contributed by atoms with E-state index in [-0.39, 0.29) is 6.03 Å². The maximum absolute atomic E-state index is 12.5. The van der Waals surface area contributed by atoms with E-state index in [1.54, 1.807) is 10.9 Å². The van der Waals surface area contributed by atoms with Gasteiger partial charge in [-0.05, 0) is 68.6 Å². The van der Waals surface area contributed by atoms with Crippen molar-refractivity contribution in [1.82, 2.24) is 19.6 Å². The Hall–Kier alpha value is -2.34. The Bertz CT molecular complexity index is 691. The SMILES string of the molecule is O=C(Nc1ccc(-n2cccn2)cc1)N1CC[C@H](CN2CCCC2)C1. The number of nitrogens with zero attached hydrogens (tertiary/aromatic N) is 4. The molecular formula is C19H25N5O. The van der Waals surface area contributed by atoms with Crippen LogP contribution < -0.4 is 5.32 Å². The van der Waals surface area contributed by atoms with Crippen LogP contribution in [0.4, 0.5) is 10.5 Å². The van der Waals surface area contributed by atoms with Crippen molar-refractivity contribution in [2.24, 2.45) is 5.92 Å². The van der Waals surface area contributed by atoms with Gasteiger partial charge in [-0.25, -0.2) is 9.48 Å². The van der Waals surface area contributed by atoms with Gasteiger partial charge in [-0.1, -0.05) is 0 Å². The van der Waals surface area contributed by atoms with Crippen molar-refractivity contribution < 1.29 is 4.79 Å². The highest BCUT2D eigenvalue weighted by Gasteiger charge is 2.28. The van der Waals surface area contributed by atoms with E-state index in [4.69, 9.17) is 0 Å². The molecule has 0 radical (unpaired) electrons. The van der Waals surface area contributed by atoms with Crippen molar-refractivity contribution in [3.8, 4) is 5.69 Å². The molecule has 2 fully saturated rings. The molecule has 2 aromatic rings. The normalized spacial score (nSPS) is 21.0. The summed E-state index contributed by atoms with van der Waals surface area (Å²) in [4.78, 5) is 17.0. The molecule has 0 spiro atoms. The third kappa shape index (κ3) is 3.85. The van der Waals surface area contributed by atoms with Crippen molar-refractivity contribution in [1.29, 1.82) is 0 Å². The van der Waals surface area contributed by atoms with E-state index in [2.05, 4.69) is 15.3 Å². The third-order valence-corrected chi connectivity index (χ3v) is 5.18. The molecule has 6 nitrogen and oxygen atoms in total. The number of rotatable bonds is 4. The lowest BCUT2D eigenvalue weighted by Gasteiger charge is -2.21. The van der Waals surface area contributed by atoms with Crippen LogP contribution in [0.5, 0.6) is 0 Å². The summed E-state index contributed by atoms with van der Waals surface area (Å²) < 4.78 is 1.80. The highest BCUT2D eigenvalue weighted by Crippen LogP contribution is 2.21. The second-order valence-corrected chi connectivity index (χ2v) is 7.04. The number of carbonyl (C=O) groups excluding carboxylic acids is 1. The van der Waals surface area contributed by atoms with Crippen LogP contribution in [-0.2, 0) is 0 Å². The number of aromatic nitrogens is 2. The Labute approximate surface area is 148 Å². The number of nitrogens with one attached hydrogen (secondary N) is 1. The standard InChI is InChI=1S/C19H25N5O/c25-19(23-13-8-16(15-23)14-22-10-1-2-11-22)21-17-4-6-18(7-5-17)24-12-3-9-20-24/h3-7,9,12,16H,1-2,8,10-11,13-15H2,(H,21,25)/t16-/m1/s1. The van der Waals surface area contributed by atoms with Crippen molar-refractivity contribution in [2.75, 3.05) is 38.0 Å². The summed E-state index contributed by atoms with van der Waals surface area (Å²) in [6.45, 7) is 5.32. The zero-order chi connectivity index (χ0) is 17.1. The number of likely N-dealkylation sites (tertiary alicyclic amines) is 2. The molecule has 1 aromatic heterocycles. The highest BCUT2D eigenvalue weighted by atomic mass is 16.2. The fourth-order valence-corrected chi connectivity index (χ4v) is 3.82. The first-order chi connectivity index (χ1) is 12.3. The molecular weight excluding hydrogens is 314 g/mol. The molecule has 4 rings (SSSR count). The summed E-state index contributed by atoms with van der Waals surface area (Å²) in [5, 5.41) is 7.22. The molecule has 1 aromatic carbocycles. The molecule has 2 saturated heterocycles. The van der Waals surface area contributed by atoms with Crippen LogP contribution in [0.1, 0.15) is 19.3 Å². The summed E-state index contributed by atoms with van der Waals surface area (Å²) >= 11 is 0. The van der Waals surface area contributed by atoms with E-state index in [0.717, 1.165) is 37.4 Å². The van der Waals surface area contributed by atoms with Gasteiger partial charge in [0.25, 0.3) is 0 Å². The molecule has 132 valence electrons. The van der Waals surface area contributed by atoms with E-state index in [0.29, 0.717) is 5.92 Å². The van der Waals surface area contributed by atoms with Crippen LogP contribution in [-0.4, -0.2) is 58.3 Å². The molecule has 0 aliphatic carbocycles. The number of urea groups is 1. The van der Waals surface area contributed by atoms with Crippen LogP contribution in [0, 0.1) is 5.92 Å². The van der Waals surface area contributed by atoms with Crippen LogP contribution in [0.3, 0.4) is 0 Å². The van der Waals surface area contributed by atoms with Crippen molar-refractivity contribution in [2.45, 2.75) is 19.3 Å². The average molecular weight is 339 g/mol. The number of hydrogen-bond donors (Lipinski definition) is 1. The molecule has 0 bridgehead atoms. The highest BCUT2D eigenvalue weighted by molar-refractivity contribution is 5.89. The largest absolute Gasteiger partial charge is 0.324 e. The van der Waals surface area contributed by atoms with Gasteiger partial charge in [0.15, 0.2) is 0 Å². The molecule has 2 aliphatic rings.